The second-order valence-electron chi connectivity index (χ2n) is 11.2. The Bertz CT molecular complexity index is 674. The molecule has 0 aromatic heterocycles. The van der Waals surface area contributed by atoms with Crippen LogP contribution in [0.4, 0.5) is 0 Å². The van der Waals surface area contributed by atoms with Gasteiger partial charge in [0.1, 0.15) is 0 Å². The lowest BCUT2D eigenvalue weighted by molar-refractivity contribution is -0.890. The van der Waals surface area contributed by atoms with Crippen molar-refractivity contribution >= 4 is 14.8 Å². The van der Waals surface area contributed by atoms with Gasteiger partial charge in [-0.3, -0.25) is 0 Å². The summed E-state index contributed by atoms with van der Waals surface area (Å²) in [5.74, 6) is -1.13. The van der Waals surface area contributed by atoms with E-state index in [-0.39, 0.29) is 5.56 Å². The van der Waals surface area contributed by atoms with E-state index in [9.17, 15) is 9.90 Å². The zero-order chi connectivity index (χ0) is 28.7. The molecule has 222 valence electrons. The number of hydrogen-bond donors (Lipinski definition) is 0. The fraction of sp³-hybridized carbons (Fsp3) is 0.774. The Kier molecular flexibility index (Phi) is 21.8. The molecule has 0 amide bonds. The summed E-state index contributed by atoms with van der Waals surface area (Å²) in [5.41, 5.74) is 0.515. The number of carboxylic acids is 1. The normalized spacial score (nSPS) is 12.6. The number of unbranched alkanes of at least 4 members (excludes halogenated alkanes) is 13. The van der Waals surface area contributed by atoms with Gasteiger partial charge in [0.15, 0.2) is 0 Å². The van der Waals surface area contributed by atoms with Crippen LogP contribution in [-0.4, -0.2) is 67.8 Å². The number of rotatable bonds is 22. The first-order valence-corrected chi connectivity index (χ1v) is 16.7. The number of carbonyl (C=O) groups is 1. The summed E-state index contributed by atoms with van der Waals surface area (Å²) in [6.45, 7) is 6.73. The predicted molar refractivity (Wildman–Crippen MR) is 159 cm³/mol. The Morgan fingerprint density at radius 2 is 1.16 bits per heavy atom. The van der Waals surface area contributed by atoms with Crippen LogP contribution in [0.15, 0.2) is 30.3 Å². The van der Waals surface area contributed by atoms with Crippen molar-refractivity contribution in [2.45, 2.75) is 109 Å². The lowest BCUT2D eigenvalue weighted by Crippen LogP contribution is -2.53. The average Bonchev–Trinajstić information content (AvgIpc) is 2.91. The van der Waals surface area contributed by atoms with Crippen LogP contribution in [0.2, 0.25) is 5.54 Å². The standard InChI is InChI=1S/C24H54NO3Si.C7H6O2/c1-8-9-10-11-12-13-14-15-16-17-18-19-20-21-22-25(3,4)23-24(2)29(26-5,27-6)28-7;8-7(9)6-4-2-1-3-5-6/h24H,8-23H2,1-7H3;1-5H,(H,8,9)/q+1;/p-1. The molecule has 0 N–H and O–H groups in total. The molecule has 0 aliphatic carbocycles. The molecule has 0 aliphatic rings. The quantitative estimate of drug-likeness (QED) is 0.0891. The summed E-state index contributed by atoms with van der Waals surface area (Å²) in [7, 11) is 7.24. The maximum Gasteiger partial charge on any atom is 0.508 e. The molecule has 1 rings (SSSR count). The summed E-state index contributed by atoms with van der Waals surface area (Å²) < 4.78 is 18.0. The van der Waals surface area contributed by atoms with Crippen molar-refractivity contribution in [2.75, 3.05) is 48.5 Å². The van der Waals surface area contributed by atoms with E-state index in [2.05, 4.69) is 27.9 Å². The monoisotopic (exact) mass is 553 g/mol. The highest BCUT2D eigenvalue weighted by molar-refractivity contribution is 6.62. The number of aromatic carboxylic acids is 1. The van der Waals surface area contributed by atoms with E-state index >= 15 is 0 Å². The predicted octanol–water partition coefficient (Wildman–Crippen LogP) is 6.86. The lowest BCUT2D eigenvalue weighted by atomic mass is 10.0. The fourth-order valence-electron chi connectivity index (χ4n) is 5.11. The Morgan fingerprint density at radius 1 is 0.763 bits per heavy atom. The van der Waals surface area contributed by atoms with Crippen molar-refractivity contribution in [1.82, 2.24) is 0 Å². The van der Waals surface area contributed by atoms with Crippen molar-refractivity contribution in [3.63, 3.8) is 0 Å². The first-order valence-electron chi connectivity index (χ1n) is 14.9. The van der Waals surface area contributed by atoms with Crippen LogP contribution >= 0.6 is 0 Å². The van der Waals surface area contributed by atoms with Crippen molar-refractivity contribution in [3.8, 4) is 0 Å². The SMILES string of the molecule is CCCCCCCCCCCCCCCC[N+](C)(C)CC(C)[Si](OC)(OC)OC.O=C([O-])c1ccccc1. The summed E-state index contributed by atoms with van der Waals surface area (Å²) in [6, 6.07) is 8.06. The van der Waals surface area contributed by atoms with Crippen LogP contribution in [0.5, 0.6) is 0 Å². The van der Waals surface area contributed by atoms with E-state index in [0.717, 1.165) is 11.0 Å². The van der Waals surface area contributed by atoms with Crippen LogP contribution < -0.4 is 5.11 Å². The maximum atomic E-state index is 10.1. The van der Waals surface area contributed by atoms with Gasteiger partial charge in [0.25, 0.3) is 0 Å². The van der Waals surface area contributed by atoms with Crippen LogP contribution in [0.3, 0.4) is 0 Å². The van der Waals surface area contributed by atoms with Crippen LogP contribution in [0, 0.1) is 0 Å². The highest BCUT2D eigenvalue weighted by Crippen LogP contribution is 2.26. The molecule has 1 aromatic rings. The van der Waals surface area contributed by atoms with Crippen molar-refractivity contribution < 1.29 is 27.7 Å². The molecule has 0 radical (unpaired) electrons. The summed E-state index contributed by atoms with van der Waals surface area (Å²) >= 11 is 0. The van der Waals surface area contributed by atoms with E-state index < -0.39 is 14.8 Å². The zero-order valence-electron chi connectivity index (χ0n) is 25.8. The van der Waals surface area contributed by atoms with Gasteiger partial charge in [-0.15, -0.1) is 0 Å². The smallest absolute Gasteiger partial charge is 0.508 e. The Hall–Kier alpha value is -1.25. The van der Waals surface area contributed by atoms with Crippen LogP contribution in [0.1, 0.15) is 114 Å². The molecule has 0 spiro atoms. The number of carboxylic acid groups (broad SMARTS) is 1. The number of hydrogen-bond acceptors (Lipinski definition) is 5. The Morgan fingerprint density at radius 3 is 1.50 bits per heavy atom. The number of carbonyl (C=O) groups excluding carboxylic acids is 1. The van der Waals surface area contributed by atoms with Gasteiger partial charge in [0, 0.05) is 21.3 Å². The lowest BCUT2D eigenvalue weighted by Gasteiger charge is -2.37. The molecule has 38 heavy (non-hydrogen) atoms. The first-order chi connectivity index (χ1) is 18.2. The summed E-state index contributed by atoms with van der Waals surface area (Å²) in [5, 5.41) is 10.1. The number of quaternary nitrogens is 1. The molecule has 1 unspecified atom stereocenters. The highest BCUT2D eigenvalue weighted by Gasteiger charge is 2.47. The van der Waals surface area contributed by atoms with Crippen LogP contribution in [0.25, 0.3) is 0 Å². The van der Waals surface area contributed by atoms with Gasteiger partial charge in [-0.2, -0.15) is 0 Å². The van der Waals surface area contributed by atoms with Gasteiger partial charge >= 0.3 is 8.80 Å². The summed E-state index contributed by atoms with van der Waals surface area (Å²) in [4.78, 5) is 10.1. The van der Waals surface area contributed by atoms with Crippen molar-refractivity contribution in [2.24, 2.45) is 0 Å². The molecule has 6 nitrogen and oxygen atoms in total. The summed E-state index contributed by atoms with van der Waals surface area (Å²) in [6.07, 6.45) is 19.8. The third-order valence-corrected chi connectivity index (χ3v) is 10.4. The van der Waals surface area contributed by atoms with E-state index in [4.69, 9.17) is 13.3 Å². The second-order valence-corrected chi connectivity index (χ2v) is 14.6. The molecule has 0 bridgehead atoms. The molecular weight excluding hydrogens is 494 g/mol. The number of benzene rings is 1. The van der Waals surface area contributed by atoms with E-state index in [0.29, 0.717) is 5.54 Å². The minimum absolute atomic E-state index is 0.220. The van der Waals surface area contributed by atoms with Gasteiger partial charge in [-0.25, -0.2) is 0 Å². The molecule has 0 saturated carbocycles. The van der Waals surface area contributed by atoms with Crippen molar-refractivity contribution in [1.29, 1.82) is 0 Å². The van der Waals surface area contributed by atoms with Gasteiger partial charge in [0.2, 0.25) is 0 Å². The molecule has 0 aliphatic heterocycles. The maximum absolute atomic E-state index is 10.1. The third-order valence-electron chi connectivity index (χ3n) is 7.35. The van der Waals surface area contributed by atoms with Gasteiger partial charge < -0.3 is 27.7 Å². The molecule has 1 atom stereocenters. The molecule has 0 heterocycles. The molecule has 0 saturated heterocycles. The fourth-order valence-corrected chi connectivity index (χ4v) is 7.53. The van der Waals surface area contributed by atoms with E-state index in [1.54, 1.807) is 39.5 Å². The van der Waals surface area contributed by atoms with Gasteiger partial charge in [-0.05, 0) is 18.4 Å². The number of nitrogens with zero attached hydrogens (tertiary/aromatic N) is 1. The Balaban J connectivity index is 0.00000127. The van der Waals surface area contributed by atoms with Crippen LogP contribution in [-0.2, 0) is 13.3 Å². The minimum atomic E-state index is -2.53. The van der Waals surface area contributed by atoms with Gasteiger partial charge in [0.05, 0.1) is 38.7 Å². The van der Waals surface area contributed by atoms with Gasteiger partial charge in [-0.1, -0.05) is 121 Å². The average molecular weight is 554 g/mol. The largest absolute Gasteiger partial charge is 0.545 e. The third kappa shape index (κ3) is 17.4. The Labute approximate surface area is 236 Å². The molecular formula is C31H59NO5Si. The molecule has 1 aromatic carbocycles. The topological polar surface area (TPSA) is 67.8 Å². The minimum Gasteiger partial charge on any atom is -0.545 e. The van der Waals surface area contributed by atoms with E-state index in [1.807, 2.05) is 0 Å². The highest BCUT2D eigenvalue weighted by atomic mass is 28.4. The second kappa shape index (κ2) is 22.6. The van der Waals surface area contributed by atoms with Crippen molar-refractivity contribution in [3.05, 3.63) is 35.9 Å². The first kappa shape index (κ1) is 36.7. The van der Waals surface area contributed by atoms with E-state index in [1.165, 1.54) is 109 Å². The molecule has 0 fully saturated rings. The molecule has 7 heteroatoms. The zero-order valence-corrected chi connectivity index (χ0v) is 26.8.